The molecule has 13 rings (SSSR count). The van der Waals surface area contributed by atoms with E-state index in [4.69, 9.17) is 9.97 Å². The topological polar surface area (TPSA) is 30.7 Å². The number of thiophene rings is 1. The quantitative estimate of drug-likeness (QED) is 0.166. The first-order valence-corrected chi connectivity index (χ1v) is 19.9. The minimum atomic E-state index is 0.829. The summed E-state index contributed by atoms with van der Waals surface area (Å²) >= 11 is 1.83. The summed E-state index contributed by atoms with van der Waals surface area (Å²) in [6, 6.07) is 64.0. The Labute approximate surface area is 324 Å². The third-order valence-electron chi connectivity index (χ3n) is 11.9. The normalized spacial score (nSPS) is 12.3. The Bertz CT molecular complexity index is 3800. The lowest BCUT2D eigenvalue weighted by molar-refractivity contribution is 1.08. The predicted molar refractivity (Wildman–Crippen MR) is 240 cm³/mol. The van der Waals surface area contributed by atoms with E-state index in [1.807, 2.05) is 11.3 Å². The fraction of sp³-hybridized carbons (Fsp3) is 0. The van der Waals surface area contributed by atoms with Gasteiger partial charge in [0, 0.05) is 47.3 Å². The van der Waals surface area contributed by atoms with E-state index in [0.717, 1.165) is 49.9 Å². The summed E-state index contributed by atoms with van der Waals surface area (Å²) in [5.41, 5.74) is 5.97. The van der Waals surface area contributed by atoms with E-state index in [9.17, 15) is 0 Å². The minimum Gasteiger partial charge on any atom is -0.292 e. The van der Waals surface area contributed by atoms with Gasteiger partial charge in [0.15, 0.2) is 5.82 Å². The van der Waals surface area contributed by atoms with E-state index in [0.29, 0.717) is 0 Å². The van der Waals surface area contributed by atoms with Crippen LogP contribution in [0.1, 0.15) is 0 Å². The molecular weight excluding hydrogens is 699 g/mol. The zero-order chi connectivity index (χ0) is 36.5. The molecule has 3 heterocycles. The van der Waals surface area contributed by atoms with Crippen molar-refractivity contribution in [1.29, 1.82) is 0 Å². The van der Waals surface area contributed by atoms with E-state index >= 15 is 0 Å². The molecule has 0 aliphatic rings. The third kappa shape index (κ3) is 4.01. The molecule has 0 radical (unpaired) electrons. The highest BCUT2D eigenvalue weighted by molar-refractivity contribution is 7.25. The molecule has 0 amide bonds. The van der Waals surface area contributed by atoms with Gasteiger partial charge in [0.2, 0.25) is 0 Å². The van der Waals surface area contributed by atoms with Gasteiger partial charge in [0.1, 0.15) is 5.69 Å². The number of hydrogen-bond donors (Lipinski definition) is 0. The molecule has 0 bridgehead atoms. The van der Waals surface area contributed by atoms with E-state index in [-0.39, 0.29) is 0 Å². The Morgan fingerprint density at radius 2 is 0.929 bits per heavy atom. The fourth-order valence-electron chi connectivity index (χ4n) is 9.58. The van der Waals surface area contributed by atoms with Crippen molar-refractivity contribution in [3.63, 3.8) is 0 Å². The van der Waals surface area contributed by atoms with E-state index in [1.54, 1.807) is 0 Å². The molecule has 3 nitrogen and oxygen atoms in total. The molecule has 10 aromatic carbocycles. The summed E-state index contributed by atoms with van der Waals surface area (Å²) in [6.07, 6.45) is 0. The molecule has 4 heteroatoms. The van der Waals surface area contributed by atoms with Gasteiger partial charge in [0.05, 0.1) is 22.1 Å². The largest absolute Gasteiger partial charge is 0.292 e. The monoisotopic (exact) mass is 727 g/mol. The van der Waals surface area contributed by atoms with Gasteiger partial charge in [-0.15, -0.1) is 11.3 Å². The molecule has 0 spiro atoms. The van der Waals surface area contributed by atoms with Crippen LogP contribution in [0.15, 0.2) is 176 Å². The summed E-state index contributed by atoms with van der Waals surface area (Å²) in [5, 5.41) is 17.2. The van der Waals surface area contributed by atoms with Crippen molar-refractivity contribution >= 4 is 118 Å². The maximum absolute atomic E-state index is 5.72. The summed E-state index contributed by atoms with van der Waals surface area (Å²) in [7, 11) is 0. The SMILES string of the molecule is c1ccc2c(c1)ccc1nc(-n3c4ccc5ccccc5c4c4c5c6ccccc6c6ccccc6c5ccc43)c(-c3cccc4sc5ccccc5c34)nc12. The molecule has 0 atom stereocenters. The first-order chi connectivity index (χ1) is 27.8. The number of hydrogen-bond acceptors (Lipinski definition) is 3. The average Bonchev–Trinajstić information content (AvgIpc) is 3.82. The van der Waals surface area contributed by atoms with Gasteiger partial charge in [-0.2, -0.15) is 0 Å². The standard InChI is InChI=1S/C52H29N3S/c1-3-14-32-30(12-1)25-28-42-48(32)49-43(29-26-38-36-18-6-5-16-34(36)35-17-7-8-19-37(35)47(38)49)55(42)52-51(54-50-33-15-4-2-13-31(33)24-27-41(50)53-52)40-21-11-23-45-46(40)39-20-9-10-22-44(39)56-45/h1-29H. The van der Waals surface area contributed by atoms with Crippen molar-refractivity contribution in [2.75, 3.05) is 0 Å². The molecular formula is C52H29N3S. The van der Waals surface area contributed by atoms with Gasteiger partial charge in [-0.3, -0.25) is 4.57 Å². The first kappa shape index (κ1) is 30.2. The van der Waals surface area contributed by atoms with Crippen LogP contribution in [0.2, 0.25) is 0 Å². The van der Waals surface area contributed by atoms with Gasteiger partial charge in [-0.25, -0.2) is 9.97 Å². The minimum absolute atomic E-state index is 0.829. The van der Waals surface area contributed by atoms with Crippen molar-refractivity contribution in [2.24, 2.45) is 0 Å². The first-order valence-electron chi connectivity index (χ1n) is 19.1. The molecule has 0 aliphatic heterocycles. The Balaban J connectivity index is 1.28. The Morgan fingerprint density at radius 1 is 0.357 bits per heavy atom. The molecule has 258 valence electrons. The summed E-state index contributed by atoms with van der Waals surface area (Å²) in [6.45, 7) is 0. The zero-order valence-electron chi connectivity index (χ0n) is 30.0. The van der Waals surface area contributed by atoms with Crippen molar-refractivity contribution in [3.8, 4) is 17.1 Å². The van der Waals surface area contributed by atoms with Crippen molar-refractivity contribution < 1.29 is 0 Å². The molecule has 0 saturated carbocycles. The lowest BCUT2D eigenvalue weighted by Crippen LogP contribution is -2.04. The van der Waals surface area contributed by atoms with Gasteiger partial charge in [0.25, 0.3) is 0 Å². The lowest BCUT2D eigenvalue weighted by atomic mass is 9.91. The van der Waals surface area contributed by atoms with E-state index in [1.165, 1.54) is 74.0 Å². The lowest BCUT2D eigenvalue weighted by Gasteiger charge is -2.16. The van der Waals surface area contributed by atoms with Crippen LogP contribution < -0.4 is 0 Å². The van der Waals surface area contributed by atoms with Crippen molar-refractivity contribution in [2.45, 2.75) is 0 Å². The summed E-state index contributed by atoms with van der Waals surface area (Å²) in [4.78, 5) is 11.4. The Hall–Kier alpha value is -7.14. The highest BCUT2D eigenvalue weighted by Gasteiger charge is 2.25. The van der Waals surface area contributed by atoms with Crippen LogP contribution in [-0.4, -0.2) is 14.5 Å². The van der Waals surface area contributed by atoms with Gasteiger partial charge in [-0.1, -0.05) is 146 Å². The van der Waals surface area contributed by atoms with Gasteiger partial charge >= 0.3 is 0 Å². The van der Waals surface area contributed by atoms with E-state index < -0.39 is 0 Å². The van der Waals surface area contributed by atoms with Gasteiger partial charge in [-0.05, 0) is 73.4 Å². The van der Waals surface area contributed by atoms with Crippen LogP contribution in [0.25, 0.3) is 124 Å². The average molecular weight is 728 g/mol. The van der Waals surface area contributed by atoms with Gasteiger partial charge < -0.3 is 0 Å². The second-order valence-electron chi connectivity index (χ2n) is 14.8. The van der Waals surface area contributed by atoms with Crippen LogP contribution in [0.3, 0.4) is 0 Å². The second kappa shape index (κ2) is 11.2. The molecule has 13 aromatic rings. The summed E-state index contributed by atoms with van der Waals surface area (Å²) < 4.78 is 4.92. The number of aromatic nitrogens is 3. The van der Waals surface area contributed by atoms with Crippen molar-refractivity contribution in [1.82, 2.24) is 14.5 Å². The molecule has 0 fully saturated rings. The molecule has 0 N–H and O–H groups in total. The number of nitrogens with zero attached hydrogens (tertiary/aromatic N) is 3. The predicted octanol–water partition coefficient (Wildman–Crippen LogP) is 14.5. The number of rotatable bonds is 2. The smallest absolute Gasteiger partial charge is 0.165 e. The summed E-state index contributed by atoms with van der Waals surface area (Å²) in [5.74, 6) is 0.829. The van der Waals surface area contributed by atoms with E-state index in [2.05, 4.69) is 180 Å². The third-order valence-corrected chi connectivity index (χ3v) is 13.1. The Morgan fingerprint density at radius 3 is 1.73 bits per heavy atom. The zero-order valence-corrected chi connectivity index (χ0v) is 30.8. The fourth-order valence-corrected chi connectivity index (χ4v) is 10.7. The molecule has 56 heavy (non-hydrogen) atoms. The van der Waals surface area contributed by atoms with Crippen LogP contribution >= 0.6 is 11.3 Å². The molecule has 0 aliphatic carbocycles. The van der Waals surface area contributed by atoms with Crippen LogP contribution in [-0.2, 0) is 0 Å². The molecule has 0 saturated heterocycles. The van der Waals surface area contributed by atoms with Crippen LogP contribution in [0, 0.1) is 0 Å². The molecule has 0 unspecified atom stereocenters. The van der Waals surface area contributed by atoms with Crippen molar-refractivity contribution in [3.05, 3.63) is 176 Å². The highest BCUT2D eigenvalue weighted by atomic mass is 32.1. The molecule has 3 aromatic heterocycles. The van der Waals surface area contributed by atoms with Crippen LogP contribution in [0.4, 0.5) is 0 Å². The van der Waals surface area contributed by atoms with Crippen LogP contribution in [0.5, 0.6) is 0 Å². The number of benzene rings is 10. The number of fused-ring (bicyclic) bond motifs is 18. The Kier molecular flexibility index (Phi) is 6.04. The maximum atomic E-state index is 5.72. The highest BCUT2D eigenvalue weighted by Crippen LogP contribution is 2.47. The maximum Gasteiger partial charge on any atom is 0.165 e. The second-order valence-corrected chi connectivity index (χ2v) is 15.9.